The van der Waals surface area contributed by atoms with Gasteiger partial charge in [0.05, 0.1) is 17.7 Å². The molecule has 0 radical (unpaired) electrons. The number of halogens is 1. The number of carbonyl (C=O) groups is 1. The van der Waals surface area contributed by atoms with E-state index in [2.05, 4.69) is 10.0 Å². The molecular formula is C21H19ClN2O4S. The number of aryl methyl sites for hydroxylation is 1. The Labute approximate surface area is 174 Å². The SMILES string of the molecule is COc1ccccc1NS(=O)(=O)c1ccc(C(=O)Nc2cc(Cl)ccc2C)cc1. The Morgan fingerprint density at radius 1 is 0.966 bits per heavy atom. The number of carbonyl (C=O) groups excluding carboxylic acids is 1. The van der Waals surface area contributed by atoms with E-state index in [4.69, 9.17) is 16.3 Å². The van der Waals surface area contributed by atoms with Crippen molar-refractivity contribution >= 4 is 38.9 Å². The fourth-order valence-corrected chi connectivity index (χ4v) is 3.88. The molecule has 150 valence electrons. The summed E-state index contributed by atoms with van der Waals surface area (Å²) in [5.41, 5.74) is 2.11. The number of methoxy groups -OCH3 is 1. The summed E-state index contributed by atoms with van der Waals surface area (Å²) in [5.74, 6) is 0.0426. The molecule has 3 aromatic carbocycles. The predicted molar refractivity (Wildman–Crippen MR) is 114 cm³/mol. The highest BCUT2D eigenvalue weighted by Crippen LogP contribution is 2.26. The van der Waals surface area contributed by atoms with Crippen molar-refractivity contribution in [3.63, 3.8) is 0 Å². The molecule has 1 amide bonds. The summed E-state index contributed by atoms with van der Waals surface area (Å²) >= 11 is 5.97. The predicted octanol–water partition coefficient (Wildman–Crippen LogP) is 4.71. The maximum atomic E-state index is 12.6. The van der Waals surface area contributed by atoms with Gasteiger partial charge in [0, 0.05) is 16.3 Å². The summed E-state index contributed by atoms with van der Waals surface area (Å²) in [5, 5.41) is 3.28. The van der Waals surface area contributed by atoms with Crippen molar-refractivity contribution in [3.05, 3.63) is 82.9 Å². The number of amides is 1. The van der Waals surface area contributed by atoms with Gasteiger partial charge >= 0.3 is 0 Å². The van der Waals surface area contributed by atoms with Crippen molar-refractivity contribution in [2.75, 3.05) is 17.1 Å². The van der Waals surface area contributed by atoms with Crippen molar-refractivity contribution in [1.29, 1.82) is 0 Å². The Balaban J connectivity index is 1.78. The van der Waals surface area contributed by atoms with Gasteiger partial charge in [0.25, 0.3) is 15.9 Å². The smallest absolute Gasteiger partial charge is 0.262 e. The third-order valence-corrected chi connectivity index (χ3v) is 5.84. The number of ether oxygens (including phenoxy) is 1. The van der Waals surface area contributed by atoms with Gasteiger partial charge < -0.3 is 10.1 Å². The Hall–Kier alpha value is -3.03. The first kappa shape index (κ1) is 20.7. The summed E-state index contributed by atoms with van der Waals surface area (Å²) < 4.78 is 32.9. The van der Waals surface area contributed by atoms with E-state index >= 15 is 0 Å². The average molecular weight is 431 g/mol. The zero-order valence-corrected chi connectivity index (χ0v) is 17.3. The molecule has 0 heterocycles. The van der Waals surface area contributed by atoms with Crippen LogP contribution in [0.5, 0.6) is 5.75 Å². The van der Waals surface area contributed by atoms with Gasteiger partial charge in [-0.25, -0.2) is 8.42 Å². The maximum Gasteiger partial charge on any atom is 0.262 e. The Morgan fingerprint density at radius 2 is 1.66 bits per heavy atom. The molecule has 2 N–H and O–H groups in total. The lowest BCUT2D eigenvalue weighted by Crippen LogP contribution is -2.15. The molecule has 0 saturated carbocycles. The van der Waals surface area contributed by atoms with Crippen LogP contribution in [-0.2, 0) is 10.0 Å². The number of nitrogens with one attached hydrogen (secondary N) is 2. The second-order valence-electron chi connectivity index (χ2n) is 6.24. The van der Waals surface area contributed by atoms with Crippen molar-refractivity contribution < 1.29 is 17.9 Å². The number of sulfonamides is 1. The highest BCUT2D eigenvalue weighted by atomic mass is 35.5. The number of benzene rings is 3. The minimum Gasteiger partial charge on any atom is -0.495 e. The summed E-state index contributed by atoms with van der Waals surface area (Å²) in [7, 11) is -2.38. The number of hydrogen-bond acceptors (Lipinski definition) is 4. The number of anilines is 2. The van der Waals surface area contributed by atoms with Gasteiger partial charge in [-0.05, 0) is 61.0 Å². The highest BCUT2D eigenvalue weighted by molar-refractivity contribution is 7.92. The molecule has 0 aliphatic carbocycles. The van der Waals surface area contributed by atoms with E-state index in [-0.39, 0.29) is 10.8 Å². The minimum absolute atomic E-state index is 0.0268. The molecule has 0 spiro atoms. The third-order valence-electron chi connectivity index (χ3n) is 4.23. The van der Waals surface area contributed by atoms with E-state index in [1.165, 1.54) is 31.4 Å². The van der Waals surface area contributed by atoms with Gasteiger partial charge in [0.1, 0.15) is 5.75 Å². The molecule has 6 nitrogen and oxygen atoms in total. The second-order valence-corrected chi connectivity index (χ2v) is 8.36. The van der Waals surface area contributed by atoms with Gasteiger partial charge in [-0.15, -0.1) is 0 Å². The molecule has 3 rings (SSSR count). The minimum atomic E-state index is -3.84. The first-order valence-corrected chi connectivity index (χ1v) is 10.5. The van der Waals surface area contributed by atoms with Crippen molar-refractivity contribution in [3.8, 4) is 5.75 Å². The Morgan fingerprint density at radius 3 is 2.34 bits per heavy atom. The van der Waals surface area contributed by atoms with Crippen LogP contribution in [0.4, 0.5) is 11.4 Å². The van der Waals surface area contributed by atoms with Gasteiger partial charge in [-0.2, -0.15) is 0 Å². The molecule has 0 atom stereocenters. The first-order chi connectivity index (χ1) is 13.8. The quantitative estimate of drug-likeness (QED) is 0.593. The highest BCUT2D eigenvalue weighted by Gasteiger charge is 2.17. The fourth-order valence-electron chi connectivity index (χ4n) is 2.64. The summed E-state index contributed by atoms with van der Waals surface area (Å²) in [6, 6.07) is 17.5. The van der Waals surface area contributed by atoms with Crippen LogP contribution < -0.4 is 14.8 Å². The van der Waals surface area contributed by atoms with Crippen LogP contribution in [0.1, 0.15) is 15.9 Å². The lowest BCUT2D eigenvalue weighted by molar-refractivity contribution is 0.102. The molecule has 0 aliphatic rings. The number of hydrogen-bond donors (Lipinski definition) is 2. The molecular weight excluding hydrogens is 412 g/mol. The van der Waals surface area contributed by atoms with Crippen molar-refractivity contribution in [2.24, 2.45) is 0 Å². The van der Waals surface area contributed by atoms with E-state index in [1.54, 1.807) is 42.5 Å². The Kier molecular flexibility index (Phi) is 6.10. The van der Waals surface area contributed by atoms with E-state index in [0.29, 0.717) is 27.7 Å². The van der Waals surface area contributed by atoms with Gasteiger partial charge in [-0.3, -0.25) is 9.52 Å². The number of rotatable bonds is 6. The standard InChI is InChI=1S/C21H19ClN2O4S/c1-14-7-10-16(22)13-19(14)23-21(25)15-8-11-17(12-9-15)29(26,27)24-18-5-3-4-6-20(18)28-2/h3-13,24H,1-2H3,(H,23,25). The Bertz CT molecular complexity index is 1150. The zero-order valence-electron chi connectivity index (χ0n) is 15.8. The van der Waals surface area contributed by atoms with Gasteiger partial charge in [0.15, 0.2) is 0 Å². The second kappa shape index (κ2) is 8.55. The lowest BCUT2D eigenvalue weighted by atomic mass is 10.1. The average Bonchev–Trinajstić information content (AvgIpc) is 2.71. The van der Waals surface area contributed by atoms with E-state index in [9.17, 15) is 13.2 Å². The molecule has 29 heavy (non-hydrogen) atoms. The van der Waals surface area contributed by atoms with E-state index in [1.807, 2.05) is 6.92 Å². The molecule has 3 aromatic rings. The van der Waals surface area contributed by atoms with Crippen molar-refractivity contribution in [1.82, 2.24) is 0 Å². The monoisotopic (exact) mass is 430 g/mol. The van der Waals surface area contributed by atoms with Crippen LogP contribution in [0.2, 0.25) is 5.02 Å². The molecule has 0 saturated heterocycles. The van der Waals surface area contributed by atoms with Crippen LogP contribution >= 0.6 is 11.6 Å². The zero-order chi connectivity index (χ0) is 21.0. The van der Waals surface area contributed by atoms with Gasteiger partial charge in [0.2, 0.25) is 0 Å². The molecule has 0 fully saturated rings. The fraction of sp³-hybridized carbons (Fsp3) is 0.0952. The summed E-state index contributed by atoms with van der Waals surface area (Å²) in [4.78, 5) is 12.5. The molecule has 0 aromatic heterocycles. The van der Waals surface area contributed by atoms with Crippen LogP contribution in [0.25, 0.3) is 0 Å². The van der Waals surface area contributed by atoms with Crippen LogP contribution in [0.3, 0.4) is 0 Å². The van der Waals surface area contributed by atoms with E-state index in [0.717, 1.165) is 5.56 Å². The number of para-hydroxylation sites is 2. The van der Waals surface area contributed by atoms with E-state index < -0.39 is 10.0 Å². The molecule has 0 bridgehead atoms. The van der Waals surface area contributed by atoms with Crippen molar-refractivity contribution in [2.45, 2.75) is 11.8 Å². The van der Waals surface area contributed by atoms with Gasteiger partial charge in [-0.1, -0.05) is 29.8 Å². The topological polar surface area (TPSA) is 84.5 Å². The normalized spacial score (nSPS) is 11.0. The first-order valence-electron chi connectivity index (χ1n) is 8.63. The van der Waals surface area contributed by atoms with Crippen LogP contribution in [-0.4, -0.2) is 21.4 Å². The summed E-state index contributed by atoms with van der Waals surface area (Å²) in [6.07, 6.45) is 0. The third kappa shape index (κ3) is 4.88. The van der Waals surface area contributed by atoms with Crippen LogP contribution in [0.15, 0.2) is 71.6 Å². The maximum absolute atomic E-state index is 12.6. The lowest BCUT2D eigenvalue weighted by Gasteiger charge is -2.12. The van der Waals surface area contributed by atoms with Crippen LogP contribution in [0, 0.1) is 6.92 Å². The largest absolute Gasteiger partial charge is 0.495 e. The molecule has 0 unspecified atom stereocenters. The molecule has 0 aliphatic heterocycles. The molecule has 8 heteroatoms. The summed E-state index contributed by atoms with van der Waals surface area (Å²) in [6.45, 7) is 1.85.